The molecule has 0 aliphatic rings. The van der Waals surface area contributed by atoms with E-state index < -0.39 is 0 Å². The highest BCUT2D eigenvalue weighted by molar-refractivity contribution is 9.10. The number of carbonyl (C=O) groups is 1. The van der Waals surface area contributed by atoms with Crippen molar-refractivity contribution in [2.45, 2.75) is 13.3 Å². The molecule has 18 heavy (non-hydrogen) atoms. The summed E-state index contributed by atoms with van der Waals surface area (Å²) in [5.74, 6) is 0.521. The molecule has 1 aromatic carbocycles. The molecule has 0 bridgehead atoms. The lowest BCUT2D eigenvalue weighted by Gasteiger charge is -2.04. The highest BCUT2D eigenvalue weighted by atomic mass is 79.9. The molecule has 0 unspecified atom stereocenters. The van der Waals surface area contributed by atoms with Gasteiger partial charge in [0.25, 0.3) is 0 Å². The van der Waals surface area contributed by atoms with Crippen molar-refractivity contribution < 1.29 is 4.79 Å². The maximum absolute atomic E-state index is 12.0. The molecule has 0 saturated carbocycles. The molecule has 5 heteroatoms. The van der Waals surface area contributed by atoms with Crippen LogP contribution in [-0.4, -0.2) is 15.8 Å². The van der Waals surface area contributed by atoms with E-state index in [1.165, 1.54) is 0 Å². The fraction of sp³-hybridized carbons (Fsp3) is 0.154. The van der Waals surface area contributed by atoms with E-state index >= 15 is 0 Å². The van der Waals surface area contributed by atoms with Gasteiger partial charge >= 0.3 is 0 Å². The van der Waals surface area contributed by atoms with Gasteiger partial charge in [0.05, 0.1) is 0 Å². The Labute approximate surface area is 118 Å². The summed E-state index contributed by atoms with van der Waals surface area (Å²) in [4.78, 5) is 20.1. The van der Waals surface area contributed by atoms with Crippen LogP contribution in [0.3, 0.4) is 0 Å². The van der Waals surface area contributed by atoms with Gasteiger partial charge in [-0.2, -0.15) is 0 Å². The van der Waals surface area contributed by atoms with Crippen molar-refractivity contribution in [2.75, 3.05) is 0 Å². The molecule has 3 nitrogen and oxygen atoms in total. The van der Waals surface area contributed by atoms with Crippen LogP contribution in [0.5, 0.6) is 0 Å². The first-order chi connectivity index (χ1) is 8.56. The number of ketones is 1. The molecule has 2 rings (SSSR count). The third kappa shape index (κ3) is 3.15. The third-order valence-electron chi connectivity index (χ3n) is 2.43. The number of Topliss-reactive ketones (excluding diaryl/α,β-unsaturated/α-hetero) is 1. The predicted molar refractivity (Wildman–Crippen MR) is 74.0 cm³/mol. The average Bonchev–Trinajstić information content (AvgIpc) is 2.32. The van der Waals surface area contributed by atoms with Gasteiger partial charge in [0.15, 0.2) is 5.78 Å². The number of aromatic nitrogens is 2. The van der Waals surface area contributed by atoms with E-state index in [1.807, 2.05) is 12.1 Å². The number of rotatable bonds is 3. The number of halogens is 2. The van der Waals surface area contributed by atoms with Crippen molar-refractivity contribution >= 4 is 33.3 Å². The molecular formula is C13H10BrClN2O. The summed E-state index contributed by atoms with van der Waals surface area (Å²) in [6.45, 7) is 1.75. The Morgan fingerprint density at radius 3 is 2.83 bits per heavy atom. The van der Waals surface area contributed by atoms with E-state index in [0.29, 0.717) is 16.5 Å². The average molecular weight is 326 g/mol. The van der Waals surface area contributed by atoms with Gasteiger partial charge in [-0.25, -0.2) is 9.97 Å². The molecular weight excluding hydrogens is 316 g/mol. The van der Waals surface area contributed by atoms with Crippen molar-refractivity contribution in [3.63, 3.8) is 0 Å². The first kappa shape index (κ1) is 13.2. The first-order valence-electron chi connectivity index (χ1n) is 5.33. The number of aryl methyl sites for hydroxylation is 1. The molecule has 0 amide bonds. The van der Waals surface area contributed by atoms with Crippen LogP contribution in [0.1, 0.15) is 21.9 Å². The molecule has 0 fully saturated rings. The summed E-state index contributed by atoms with van der Waals surface area (Å²) in [5.41, 5.74) is 1.21. The largest absolute Gasteiger partial charge is 0.292 e. The number of carbonyl (C=O) groups excluding carboxylic acids is 1. The lowest BCUT2D eigenvalue weighted by Crippen LogP contribution is -2.07. The van der Waals surface area contributed by atoms with Gasteiger partial charge in [-0.1, -0.05) is 33.6 Å². The van der Waals surface area contributed by atoms with E-state index in [-0.39, 0.29) is 12.2 Å². The molecule has 0 aliphatic carbocycles. The molecule has 1 aromatic heterocycles. The zero-order valence-electron chi connectivity index (χ0n) is 9.65. The molecule has 0 aliphatic heterocycles. The van der Waals surface area contributed by atoms with Crippen molar-refractivity contribution in [2.24, 2.45) is 0 Å². The Morgan fingerprint density at radius 2 is 2.17 bits per heavy atom. The Hall–Kier alpha value is -1.26. The number of hydrogen-bond acceptors (Lipinski definition) is 3. The van der Waals surface area contributed by atoms with Crippen molar-refractivity contribution in [1.29, 1.82) is 0 Å². The summed E-state index contributed by atoms with van der Waals surface area (Å²) in [6, 6.07) is 7.08. The van der Waals surface area contributed by atoms with Gasteiger partial charge in [0, 0.05) is 22.1 Å². The van der Waals surface area contributed by atoms with Crippen LogP contribution in [0.2, 0.25) is 5.02 Å². The Morgan fingerprint density at radius 1 is 1.39 bits per heavy atom. The first-order valence-corrected chi connectivity index (χ1v) is 6.50. The normalized spacial score (nSPS) is 10.4. The summed E-state index contributed by atoms with van der Waals surface area (Å²) in [7, 11) is 0. The van der Waals surface area contributed by atoms with Crippen LogP contribution < -0.4 is 0 Å². The van der Waals surface area contributed by atoms with E-state index in [4.69, 9.17) is 11.6 Å². The lowest BCUT2D eigenvalue weighted by molar-refractivity contribution is 0.0988. The van der Waals surface area contributed by atoms with E-state index in [1.54, 1.807) is 25.3 Å². The van der Waals surface area contributed by atoms with Crippen molar-refractivity contribution in [1.82, 2.24) is 9.97 Å². The molecule has 0 N–H and O–H groups in total. The minimum Gasteiger partial charge on any atom is -0.292 e. The molecule has 2 aromatic rings. The predicted octanol–water partition coefficient (Wildman–Crippen LogP) is 3.63. The SMILES string of the molecule is Cc1nccc(C(=O)Cc2ccc(Br)cc2Cl)n1. The topological polar surface area (TPSA) is 42.9 Å². The van der Waals surface area contributed by atoms with E-state index in [0.717, 1.165) is 10.0 Å². The summed E-state index contributed by atoms with van der Waals surface area (Å²) >= 11 is 9.40. The molecule has 0 atom stereocenters. The van der Waals surface area contributed by atoms with Gasteiger partial charge in [0.2, 0.25) is 0 Å². The fourth-order valence-corrected chi connectivity index (χ4v) is 2.28. The van der Waals surface area contributed by atoms with Gasteiger partial charge in [-0.05, 0) is 30.7 Å². The number of hydrogen-bond donors (Lipinski definition) is 0. The lowest BCUT2D eigenvalue weighted by atomic mass is 10.1. The zero-order chi connectivity index (χ0) is 13.1. The third-order valence-corrected chi connectivity index (χ3v) is 3.27. The van der Waals surface area contributed by atoms with Crippen molar-refractivity contribution in [3.8, 4) is 0 Å². The van der Waals surface area contributed by atoms with Gasteiger partial charge in [-0.3, -0.25) is 4.79 Å². The number of nitrogens with zero attached hydrogens (tertiary/aromatic N) is 2. The fourth-order valence-electron chi connectivity index (χ4n) is 1.54. The summed E-state index contributed by atoms with van der Waals surface area (Å²) in [6.07, 6.45) is 1.82. The molecule has 0 spiro atoms. The minimum absolute atomic E-state index is 0.0651. The molecule has 1 heterocycles. The summed E-state index contributed by atoms with van der Waals surface area (Å²) in [5, 5.41) is 0.573. The van der Waals surface area contributed by atoms with Gasteiger partial charge in [0.1, 0.15) is 11.5 Å². The van der Waals surface area contributed by atoms with Crippen LogP contribution in [0.25, 0.3) is 0 Å². The second kappa shape index (κ2) is 5.59. The van der Waals surface area contributed by atoms with E-state index in [2.05, 4.69) is 25.9 Å². The number of benzene rings is 1. The molecule has 92 valence electrons. The van der Waals surface area contributed by atoms with Crippen LogP contribution in [0, 0.1) is 6.92 Å². The highest BCUT2D eigenvalue weighted by Crippen LogP contribution is 2.22. The van der Waals surface area contributed by atoms with Crippen LogP contribution in [0.4, 0.5) is 0 Å². The van der Waals surface area contributed by atoms with Crippen LogP contribution >= 0.6 is 27.5 Å². The van der Waals surface area contributed by atoms with E-state index in [9.17, 15) is 4.79 Å². The smallest absolute Gasteiger partial charge is 0.185 e. The summed E-state index contributed by atoms with van der Waals surface area (Å²) < 4.78 is 0.890. The Balaban J connectivity index is 2.21. The van der Waals surface area contributed by atoms with Crippen LogP contribution in [0.15, 0.2) is 34.9 Å². The Kier molecular flexibility index (Phi) is 4.09. The second-order valence-corrected chi connectivity index (χ2v) is 5.15. The van der Waals surface area contributed by atoms with Gasteiger partial charge in [-0.15, -0.1) is 0 Å². The maximum atomic E-state index is 12.0. The molecule has 0 saturated heterocycles. The minimum atomic E-state index is -0.0651. The highest BCUT2D eigenvalue weighted by Gasteiger charge is 2.11. The van der Waals surface area contributed by atoms with Gasteiger partial charge < -0.3 is 0 Å². The standard InChI is InChI=1S/C13H10BrClN2O/c1-8-16-5-4-12(17-8)13(18)6-9-2-3-10(14)7-11(9)15/h2-5,7H,6H2,1H3. The Bertz CT molecular complexity index is 601. The molecule has 0 radical (unpaired) electrons. The van der Waals surface area contributed by atoms with Crippen LogP contribution in [-0.2, 0) is 6.42 Å². The zero-order valence-corrected chi connectivity index (χ0v) is 12.0. The van der Waals surface area contributed by atoms with Crippen molar-refractivity contribution in [3.05, 3.63) is 57.0 Å². The second-order valence-electron chi connectivity index (χ2n) is 3.82. The quantitative estimate of drug-likeness (QED) is 0.809. The monoisotopic (exact) mass is 324 g/mol. The maximum Gasteiger partial charge on any atom is 0.185 e.